The molecule has 16 heavy (non-hydrogen) atoms. The predicted octanol–water partition coefficient (Wildman–Crippen LogP) is 2.06. The Bertz CT molecular complexity index is 181. The van der Waals surface area contributed by atoms with Crippen molar-refractivity contribution >= 4 is 0 Å². The molecular weight excluding hydrogens is 202 g/mol. The Morgan fingerprint density at radius 1 is 1.12 bits per heavy atom. The molecule has 1 rings (SSSR count). The minimum Gasteiger partial charge on any atom is -0.383 e. The van der Waals surface area contributed by atoms with Crippen LogP contribution >= 0.6 is 0 Å². The highest BCUT2D eigenvalue weighted by Crippen LogP contribution is 2.32. The maximum atomic E-state index is 5.63. The number of nitrogens with one attached hydrogen (secondary N) is 1. The molecule has 0 aromatic heterocycles. The molecule has 2 atom stereocenters. The third-order valence-electron chi connectivity index (χ3n) is 2.85. The highest BCUT2D eigenvalue weighted by molar-refractivity contribution is 4.87. The summed E-state index contributed by atoms with van der Waals surface area (Å²) >= 11 is 0. The van der Waals surface area contributed by atoms with E-state index in [0.29, 0.717) is 18.0 Å². The first-order valence-electron chi connectivity index (χ1n) is 6.46. The Hall–Kier alpha value is -0.120. The topological polar surface area (TPSA) is 30.5 Å². The molecule has 1 N–H and O–H groups in total. The monoisotopic (exact) mass is 229 g/mol. The van der Waals surface area contributed by atoms with E-state index < -0.39 is 0 Å². The summed E-state index contributed by atoms with van der Waals surface area (Å²) in [4.78, 5) is 0. The molecule has 1 fully saturated rings. The largest absolute Gasteiger partial charge is 0.383 e. The molecule has 0 spiro atoms. The fraction of sp³-hybridized carbons (Fsp3) is 1.00. The molecule has 0 bridgehead atoms. The van der Waals surface area contributed by atoms with Crippen molar-refractivity contribution in [2.75, 3.05) is 26.9 Å². The third kappa shape index (κ3) is 5.83. The van der Waals surface area contributed by atoms with Crippen LogP contribution in [0.1, 0.15) is 33.6 Å². The smallest absolute Gasteiger partial charge is 0.0618 e. The van der Waals surface area contributed by atoms with Gasteiger partial charge in [-0.1, -0.05) is 13.8 Å². The van der Waals surface area contributed by atoms with Crippen molar-refractivity contribution in [3.05, 3.63) is 0 Å². The average molecular weight is 229 g/mol. The second-order valence-corrected chi connectivity index (χ2v) is 5.40. The summed E-state index contributed by atoms with van der Waals surface area (Å²) in [6.45, 7) is 9.01. The molecular formula is C13H27NO2. The van der Waals surface area contributed by atoms with Gasteiger partial charge in [-0.25, -0.2) is 0 Å². The van der Waals surface area contributed by atoms with Crippen molar-refractivity contribution in [3.63, 3.8) is 0 Å². The van der Waals surface area contributed by atoms with Gasteiger partial charge in [0.2, 0.25) is 0 Å². The first kappa shape index (κ1) is 13.9. The van der Waals surface area contributed by atoms with Crippen molar-refractivity contribution in [3.8, 4) is 0 Å². The first-order chi connectivity index (χ1) is 7.63. The van der Waals surface area contributed by atoms with E-state index in [-0.39, 0.29) is 0 Å². The zero-order chi connectivity index (χ0) is 12.0. The van der Waals surface area contributed by atoms with E-state index in [0.717, 1.165) is 25.7 Å². The van der Waals surface area contributed by atoms with Crippen LogP contribution in [0.25, 0.3) is 0 Å². The molecule has 2 unspecified atom stereocenters. The van der Waals surface area contributed by atoms with Gasteiger partial charge < -0.3 is 14.8 Å². The fourth-order valence-electron chi connectivity index (χ4n) is 1.89. The van der Waals surface area contributed by atoms with E-state index in [2.05, 4.69) is 26.1 Å². The van der Waals surface area contributed by atoms with Gasteiger partial charge in [-0.05, 0) is 31.6 Å². The van der Waals surface area contributed by atoms with Crippen LogP contribution in [0.2, 0.25) is 0 Å². The van der Waals surface area contributed by atoms with Gasteiger partial charge in [-0.2, -0.15) is 0 Å². The van der Waals surface area contributed by atoms with Crippen molar-refractivity contribution in [2.24, 2.45) is 11.8 Å². The first-order valence-corrected chi connectivity index (χ1v) is 6.46. The molecule has 1 aliphatic rings. The normalized spacial score (nSPS) is 20.1. The summed E-state index contributed by atoms with van der Waals surface area (Å²) in [6.07, 6.45) is 2.70. The van der Waals surface area contributed by atoms with E-state index in [1.165, 1.54) is 12.8 Å². The van der Waals surface area contributed by atoms with Gasteiger partial charge in [0.1, 0.15) is 0 Å². The van der Waals surface area contributed by atoms with Crippen LogP contribution in [-0.2, 0) is 9.47 Å². The van der Waals surface area contributed by atoms with E-state index >= 15 is 0 Å². The molecule has 0 aromatic carbocycles. The zero-order valence-electron chi connectivity index (χ0n) is 11.2. The molecule has 3 nitrogen and oxygen atoms in total. The van der Waals surface area contributed by atoms with Gasteiger partial charge in [-0.15, -0.1) is 0 Å². The summed E-state index contributed by atoms with van der Waals surface area (Å²) in [5.41, 5.74) is 0. The number of hydrogen-bond donors (Lipinski definition) is 1. The van der Waals surface area contributed by atoms with Gasteiger partial charge in [0, 0.05) is 25.8 Å². The van der Waals surface area contributed by atoms with Gasteiger partial charge in [0.05, 0.1) is 13.2 Å². The lowest BCUT2D eigenvalue weighted by molar-refractivity contribution is 0.0820. The molecule has 0 amide bonds. The summed E-state index contributed by atoms with van der Waals surface area (Å²) in [5, 5.41) is 3.60. The lowest BCUT2D eigenvalue weighted by atomic mass is 10.1. The van der Waals surface area contributed by atoms with Gasteiger partial charge in [0.15, 0.2) is 0 Å². The molecule has 1 saturated carbocycles. The zero-order valence-corrected chi connectivity index (χ0v) is 11.2. The van der Waals surface area contributed by atoms with Crippen LogP contribution in [0.3, 0.4) is 0 Å². The standard InChI is InChI=1S/C13H27NO2/c1-10(2)7-16-8-11(3)14-13(9-15-4)12-5-6-12/h10-14H,5-9H2,1-4H3. The number of rotatable bonds is 9. The SMILES string of the molecule is COCC(NC(C)COCC(C)C)C1CC1. The van der Waals surface area contributed by atoms with E-state index in [9.17, 15) is 0 Å². The van der Waals surface area contributed by atoms with Crippen LogP contribution in [0, 0.1) is 11.8 Å². The van der Waals surface area contributed by atoms with Crippen LogP contribution in [-0.4, -0.2) is 39.0 Å². The van der Waals surface area contributed by atoms with Gasteiger partial charge in [0.25, 0.3) is 0 Å². The van der Waals surface area contributed by atoms with Crippen molar-refractivity contribution in [2.45, 2.75) is 45.7 Å². The van der Waals surface area contributed by atoms with Crippen LogP contribution in [0.5, 0.6) is 0 Å². The van der Waals surface area contributed by atoms with Crippen molar-refractivity contribution in [1.29, 1.82) is 0 Å². The summed E-state index contributed by atoms with van der Waals surface area (Å²) in [5.74, 6) is 1.44. The maximum absolute atomic E-state index is 5.63. The third-order valence-corrected chi connectivity index (χ3v) is 2.85. The van der Waals surface area contributed by atoms with Gasteiger partial charge >= 0.3 is 0 Å². The lowest BCUT2D eigenvalue weighted by Crippen LogP contribution is -2.43. The van der Waals surface area contributed by atoms with E-state index in [1.807, 2.05) is 0 Å². The maximum Gasteiger partial charge on any atom is 0.0618 e. The summed E-state index contributed by atoms with van der Waals surface area (Å²) < 4.78 is 10.9. The predicted molar refractivity (Wildman–Crippen MR) is 66.6 cm³/mol. The van der Waals surface area contributed by atoms with E-state index in [1.54, 1.807) is 7.11 Å². The Morgan fingerprint density at radius 3 is 2.31 bits per heavy atom. The molecule has 1 aliphatic carbocycles. The minimum atomic E-state index is 0.416. The van der Waals surface area contributed by atoms with Crippen molar-refractivity contribution < 1.29 is 9.47 Å². The summed E-state index contributed by atoms with van der Waals surface area (Å²) in [7, 11) is 1.77. The van der Waals surface area contributed by atoms with Crippen molar-refractivity contribution in [1.82, 2.24) is 5.32 Å². The molecule has 0 saturated heterocycles. The summed E-state index contributed by atoms with van der Waals surface area (Å²) in [6, 6.07) is 0.933. The Morgan fingerprint density at radius 2 is 1.81 bits per heavy atom. The molecule has 0 aliphatic heterocycles. The van der Waals surface area contributed by atoms with Crippen LogP contribution < -0.4 is 5.32 Å². The van der Waals surface area contributed by atoms with Crippen LogP contribution in [0.4, 0.5) is 0 Å². The molecule has 0 heterocycles. The highest BCUT2D eigenvalue weighted by Gasteiger charge is 2.31. The Kier molecular flexibility index (Phi) is 6.32. The second-order valence-electron chi connectivity index (χ2n) is 5.40. The second kappa shape index (κ2) is 7.25. The quantitative estimate of drug-likeness (QED) is 0.656. The van der Waals surface area contributed by atoms with Crippen LogP contribution in [0.15, 0.2) is 0 Å². The average Bonchev–Trinajstić information content (AvgIpc) is 2.99. The Balaban J connectivity index is 2.12. The molecule has 96 valence electrons. The fourth-order valence-corrected chi connectivity index (χ4v) is 1.89. The minimum absolute atomic E-state index is 0.416. The molecule has 3 heteroatoms. The molecule has 0 aromatic rings. The number of ether oxygens (including phenoxy) is 2. The highest BCUT2D eigenvalue weighted by atomic mass is 16.5. The Labute approximate surface area is 99.9 Å². The number of hydrogen-bond acceptors (Lipinski definition) is 3. The van der Waals surface area contributed by atoms with Gasteiger partial charge in [-0.3, -0.25) is 0 Å². The lowest BCUT2D eigenvalue weighted by Gasteiger charge is -2.23. The number of methoxy groups -OCH3 is 1. The molecule has 0 radical (unpaired) electrons. The van der Waals surface area contributed by atoms with E-state index in [4.69, 9.17) is 9.47 Å².